The maximum atomic E-state index is 5.09. The lowest BCUT2D eigenvalue weighted by atomic mass is 10.4. The SMILES string of the molecule is CO[S+](OC)c1ccccc1. The first-order valence-electron chi connectivity index (χ1n) is 3.26. The Morgan fingerprint density at radius 1 is 1.00 bits per heavy atom. The Labute approximate surface area is 69.9 Å². The lowest BCUT2D eigenvalue weighted by molar-refractivity contribution is 0.358. The molecule has 3 heteroatoms. The van der Waals surface area contributed by atoms with E-state index in [4.69, 9.17) is 8.37 Å². The van der Waals surface area contributed by atoms with Crippen molar-refractivity contribution in [3.05, 3.63) is 30.3 Å². The second-order valence-corrected chi connectivity index (χ2v) is 3.49. The molecule has 0 radical (unpaired) electrons. The molecule has 1 aromatic carbocycles. The van der Waals surface area contributed by atoms with Crippen molar-refractivity contribution < 1.29 is 8.37 Å². The first-order valence-corrected chi connectivity index (χ1v) is 4.34. The van der Waals surface area contributed by atoms with Crippen LogP contribution in [0.4, 0.5) is 0 Å². The van der Waals surface area contributed by atoms with Crippen LogP contribution in [0.25, 0.3) is 0 Å². The van der Waals surface area contributed by atoms with Gasteiger partial charge in [-0.15, -0.1) is 8.37 Å². The minimum absolute atomic E-state index is 0.502. The molecule has 0 saturated heterocycles. The van der Waals surface area contributed by atoms with E-state index in [1.54, 1.807) is 14.2 Å². The van der Waals surface area contributed by atoms with Crippen LogP contribution in [0.15, 0.2) is 35.2 Å². The molecule has 0 heterocycles. The van der Waals surface area contributed by atoms with Crippen LogP contribution in [-0.2, 0) is 19.8 Å². The van der Waals surface area contributed by atoms with Crippen LogP contribution in [0.2, 0.25) is 0 Å². The van der Waals surface area contributed by atoms with E-state index >= 15 is 0 Å². The molecule has 0 spiro atoms. The highest BCUT2D eigenvalue weighted by Gasteiger charge is 2.22. The Morgan fingerprint density at radius 2 is 1.55 bits per heavy atom. The molecular formula is C8H11O2S+. The van der Waals surface area contributed by atoms with Crippen molar-refractivity contribution in [1.82, 2.24) is 0 Å². The van der Waals surface area contributed by atoms with Gasteiger partial charge < -0.3 is 0 Å². The van der Waals surface area contributed by atoms with Gasteiger partial charge in [-0.05, 0) is 0 Å². The third kappa shape index (κ3) is 2.22. The Morgan fingerprint density at radius 3 is 2.00 bits per heavy atom. The molecule has 0 aromatic heterocycles. The maximum absolute atomic E-state index is 5.09. The Balaban J connectivity index is 2.74. The van der Waals surface area contributed by atoms with E-state index in [9.17, 15) is 0 Å². The van der Waals surface area contributed by atoms with Gasteiger partial charge in [-0.1, -0.05) is 18.2 Å². The van der Waals surface area contributed by atoms with Gasteiger partial charge in [0.1, 0.15) is 0 Å². The zero-order valence-corrected chi connectivity index (χ0v) is 7.43. The summed E-state index contributed by atoms with van der Waals surface area (Å²) in [4.78, 5) is 1.07. The van der Waals surface area contributed by atoms with Crippen LogP contribution in [0.1, 0.15) is 0 Å². The molecule has 11 heavy (non-hydrogen) atoms. The summed E-state index contributed by atoms with van der Waals surface area (Å²) in [5, 5.41) is 0. The topological polar surface area (TPSA) is 18.5 Å². The van der Waals surface area contributed by atoms with Gasteiger partial charge in [0.25, 0.3) is 0 Å². The summed E-state index contributed by atoms with van der Waals surface area (Å²) in [5.41, 5.74) is 0. The summed E-state index contributed by atoms with van der Waals surface area (Å²) < 4.78 is 10.2. The zero-order valence-electron chi connectivity index (χ0n) is 6.61. The molecule has 0 amide bonds. The van der Waals surface area contributed by atoms with Crippen molar-refractivity contribution in [1.29, 1.82) is 0 Å². The van der Waals surface area contributed by atoms with Gasteiger partial charge in [-0.3, -0.25) is 0 Å². The number of hydrogen-bond donors (Lipinski definition) is 0. The van der Waals surface area contributed by atoms with E-state index in [0.717, 1.165) is 4.90 Å². The van der Waals surface area contributed by atoms with Crippen molar-refractivity contribution in [3.63, 3.8) is 0 Å². The molecule has 2 nitrogen and oxygen atoms in total. The van der Waals surface area contributed by atoms with E-state index in [1.165, 1.54) is 0 Å². The van der Waals surface area contributed by atoms with Crippen LogP contribution in [0, 0.1) is 0 Å². The molecule has 0 bridgehead atoms. The molecule has 0 saturated carbocycles. The highest BCUT2D eigenvalue weighted by molar-refractivity contribution is 7.87. The molecule has 0 unspecified atom stereocenters. The van der Waals surface area contributed by atoms with E-state index in [2.05, 4.69) is 0 Å². The number of hydrogen-bond acceptors (Lipinski definition) is 2. The number of rotatable bonds is 3. The largest absolute Gasteiger partial charge is 0.355 e. The van der Waals surface area contributed by atoms with E-state index < -0.39 is 11.5 Å². The van der Waals surface area contributed by atoms with Crippen LogP contribution >= 0.6 is 0 Å². The Hall–Kier alpha value is -0.510. The van der Waals surface area contributed by atoms with Gasteiger partial charge in [0.15, 0.2) is 0 Å². The normalized spacial score (nSPS) is 10.5. The lowest BCUT2D eigenvalue weighted by Crippen LogP contribution is -2.05. The van der Waals surface area contributed by atoms with E-state index in [-0.39, 0.29) is 0 Å². The van der Waals surface area contributed by atoms with Crippen LogP contribution in [0.5, 0.6) is 0 Å². The van der Waals surface area contributed by atoms with Gasteiger partial charge in [0.05, 0.1) is 14.2 Å². The van der Waals surface area contributed by atoms with E-state index in [0.29, 0.717) is 0 Å². The van der Waals surface area contributed by atoms with Gasteiger partial charge in [0.2, 0.25) is 4.90 Å². The highest BCUT2D eigenvalue weighted by atomic mass is 32.2. The molecule has 0 fully saturated rings. The summed E-state index contributed by atoms with van der Waals surface area (Å²) in [5.74, 6) is 0. The fourth-order valence-corrected chi connectivity index (χ4v) is 1.69. The second kappa shape index (κ2) is 4.38. The smallest absolute Gasteiger partial charge is 0.139 e. The fourth-order valence-electron chi connectivity index (χ4n) is 0.792. The molecule has 1 aromatic rings. The monoisotopic (exact) mass is 171 g/mol. The standard InChI is InChI=1S/C8H11O2S/c1-9-11(10-2)8-6-4-3-5-7-8/h3-7H,1-2H3/q+1. The Kier molecular flexibility index (Phi) is 3.42. The fraction of sp³-hybridized carbons (Fsp3) is 0.250. The average Bonchev–Trinajstić information content (AvgIpc) is 2.09. The second-order valence-electron chi connectivity index (χ2n) is 1.88. The summed E-state index contributed by atoms with van der Waals surface area (Å²) in [7, 11) is 3.28. The van der Waals surface area contributed by atoms with Crippen LogP contribution < -0.4 is 0 Å². The van der Waals surface area contributed by atoms with Crippen LogP contribution in [-0.4, -0.2) is 14.2 Å². The highest BCUT2D eigenvalue weighted by Crippen LogP contribution is 2.13. The van der Waals surface area contributed by atoms with Crippen molar-refractivity contribution >= 4 is 11.5 Å². The Bertz CT molecular complexity index is 197. The average molecular weight is 171 g/mol. The third-order valence-electron chi connectivity index (χ3n) is 1.24. The van der Waals surface area contributed by atoms with Crippen molar-refractivity contribution in [2.75, 3.05) is 14.2 Å². The molecule has 1 rings (SSSR count). The van der Waals surface area contributed by atoms with E-state index in [1.807, 2.05) is 30.3 Å². The summed E-state index contributed by atoms with van der Waals surface area (Å²) in [6.45, 7) is 0. The van der Waals surface area contributed by atoms with Crippen molar-refractivity contribution in [2.24, 2.45) is 0 Å². The molecule has 0 aliphatic heterocycles. The lowest BCUT2D eigenvalue weighted by Gasteiger charge is -1.96. The van der Waals surface area contributed by atoms with Gasteiger partial charge in [-0.2, -0.15) is 0 Å². The molecule has 0 N–H and O–H groups in total. The molecular weight excluding hydrogens is 160 g/mol. The van der Waals surface area contributed by atoms with Gasteiger partial charge in [0, 0.05) is 12.1 Å². The molecule has 0 aliphatic rings. The molecule has 60 valence electrons. The summed E-state index contributed by atoms with van der Waals surface area (Å²) in [6, 6.07) is 9.86. The molecule has 0 atom stereocenters. The number of benzene rings is 1. The third-order valence-corrected chi connectivity index (χ3v) is 2.50. The van der Waals surface area contributed by atoms with Gasteiger partial charge >= 0.3 is 11.5 Å². The summed E-state index contributed by atoms with van der Waals surface area (Å²) in [6.07, 6.45) is 0. The van der Waals surface area contributed by atoms with Crippen molar-refractivity contribution in [2.45, 2.75) is 4.90 Å². The summed E-state index contributed by atoms with van der Waals surface area (Å²) >= 11 is -0.502. The predicted octanol–water partition coefficient (Wildman–Crippen LogP) is 1.79. The maximum Gasteiger partial charge on any atom is 0.355 e. The zero-order chi connectivity index (χ0) is 8.10. The van der Waals surface area contributed by atoms with Crippen molar-refractivity contribution in [3.8, 4) is 0 Å². The van der Waals surface area contributed by atoms with Crippen LogP contribution in [0.3, 0.4) is 0 Å². The first-order chi connectivity index (χ1) is 5.38. The molecule has 0 aliphatic carbocycles. The first kappa shape index (κ1) is 8.59. The minimum atomic E-state index is -0.502. The quantitative estimate of drug-likeness (QED) is 0.645. The minimum Gasteiger partial charge on any atom is -0.139 e. The van der Waals surface area contributed by atoms with Gasteiger partial charge in [-0.25, -0.2) is 0 Å². The predicted molar refractivity (Wildman–Crippen MR) is 46.1 cm³/mol.